The maximum absolute atomic E-state index is 14.8. The van der Waals surface area contributed by atoms with E-state index < -0.39 is 18.9 Å². The fraction of sp³-hybridized carbons (Fsp3) is 0.379. The van der Waals surface area contributed by atoms with Gasteiger partial charge in [-0.05, 0) is 31.0 Å². The molecule has 1 aliphatic rings. The number of ether oxygens (including phenoxy) is 2. The number of rotatable bonds is 11. The molecule has 0 aliphatic carbocycles. The average molecular weight is 569 g/mol. The van der Waals surface area contributed by atoms with Crippen molar-refractivity contribution in [1.29, 1.82) is 0 Å². The van der Waals surface area contributed by atoms with E-state index in [0.29, 0.717) is 52.6 Å². The lowest BCUT2D eigenvalue weighted by Crippen LogP contribution is -2.22. The van der Waals surface area contributed by atoms with Crippen molar-refractivity contribution in [3.8, 4) is 16.9 Å². The molecule has 0 spiro atoms. The predicted molar refractivity (Wildman–Crippen MR) is 147 cm³/mol. The highest BCUT2D eigenvalue weighted by Gasteiger charge is 2.24. The summed E-state index contributed by atoms with van der Waals surface area (Å²) in [6.45, 7) is 6.04. The summed E-state index contributed by atoms with van der Waals surface area (Å²) in [5.74, 6) is 0.116. The number of carbonyl (C=O) groups excluding carboxylic acids is 1. The Balaban J connectivity index is 1.59. The summed E-state index contributed by atoms with van der Waals surface area (Å²) in [4.78, 5) is 26.6. The van der Waals surface area contributed by atoms with Crippen molar-refractivity contribution >= 4 is 17.4 Å². The number of hydrogen-bond acceptors (Lipinski definition) is 8. The molecule has 12 heteroatoms. The van der Waals surface area contributed by atoms with Crippen molar-refractivity contribution in [2.24, 2.45) is 0 Å². The quantitative estimate of drug-likeness (QED) is 0.240. The first-order valence-electron chi connectivity index (χ1n) is 13.5. The number of nitrogens with one attached hydrogen (secondary N) is 2. The number of aromatic nitrogens is 4. The molecule has 1 aliphatic heterocycles. The van der Waals surface area contributed by atoms with Gasteiger partial charge < -0.3 is 20.1 Å². The van der Waals surface area contributed by atoms with Gasteiger partial charge in [0.1, 0.15) is 17.9 Å². The number of alkyl halides is 2. The molecule has 0 saturated heterocycles. The van der Waals surface area contributed by atoms with Crippen LogP contribution in [0.25, 0.3) is 16.6 Å². The van der Waals surface area contributed by atoms with Crippen LogP contribution in [0.1, 0.15) is 59.7 Å². The molecule has 41 heavy (non-hydrogen) atoms. The molecule has 0 saturated carbocycles. The van der Waals surface area contributed by atoms with Crippen LogP contribution in [0.4, 0.5) is 19.1 Å². The summed E-state index contributed by atoms with van der Waals surface area (Å²) in [5, 5.41) is 5.92. The van der Waals surface area contributed by atoms with Crippen LogP contribution < -0.4 is 15.4 Å². The molecule has 0 atom stereocenters. The van der Waals surface area contributed by atoms with Gasteiger partial charge in [0.25, 0.3) is 6.43 Å². The first kappa shape index (κ1) is 28.3. The maximum atomic E-state index is 14.8. The molecule has 0 unspecified atom stereocenters. The van der Waals surface area contributed by atoms with Crippen molar-refractivity contribution in [2.75, 3.05) is 25.1 Å². The van der Waals surface area contributed by atoms with Crippen molar-refractivity contribution < 1.29 is 27.4 Å². The highest BCUT2D eigenvalue weighted by Crippen LogP contribution is 2.33. The Bertz CT molecular complexity index is 1570. The van der Waals surface area contributed by atoms with Gasteiger partial charge in [-0.1, -0.05) is 19.9 Å². The third kappa shape index (κ3) is 5.83. The Morgan fingerprint density at radius 1 is 1.15 bits per heavy atom. The van der Waals surface area contributed by atoms with Crippen LogP contribution in [0.15, 0.2) is 36.8 Å². The zero-order chi connectivity index (χ0) is 29.1. The Labute approximate surface area is 235 Å². The average Bonchev–Trinajstić information content (AvgIpc) is 3.60. The molecule has 0 fully saturated rings. The molecule has 216 valence electrons. The second-order valence-corrected chi connectivity index (χ2v) is 9.89. The zero-order valence-electron chi connectivity index (χ0n) is 23.0. The van der Waals surface area contributed by atoms with E-state index in [2.05, 4.69) is 20.6 Å². The van der Waals surface area contributed by atoms with Crippen LogP contribution in [-0.2, 0) is 24.2 Å². The summed E-state index contributed by atoms with van der Waals surface area (Å²) >= 11 is 0. The molecule has 5 rings (SSSR count). The van der Waals surface area contributed by atoms with Crippen molar-refractivity contribution in [3.05, 3.63) is 70.8 Å². The number of pyridine rings is 1. The zero-order valence-corrected chi connectivity index (χ0v) is 23.0. The highest BCUT2D eigenvalue weighted by atomic mass is 19.3. The summed E-state index contributed by atoms with van der Waals surface area (Å²) in [6, 6.07) is 6.71. The van der Waals surface area contributed by atoms with Crippen LogP contribution in [0.3, 0.4) is 0 Å². The number of carbonyl (C=O) groups is 1. The minimum Gasteiger partial charge on any atom is -0.493 e. The van der Waals surface area contributed by atoms with Gasteiger partial charge in [-0.3, -0.25) is 9.38 Å². The third-order valence-corrected chi connectivity index (χ3v) is 6.87. The summed E-state index contributed by atoms with van der Waals surface area (Å²) in [7, 11) is 0. The smallest absolute Gasteiger partial charge is 0.359 e. The molecular weight excluding hydrogens is 537 g/mol. The fourth-order valence-corrected chi connectivity index (χ4v) is 4.89. The van der Waals surface area contributed by atoms with E-state index in [9.17, 15) is 18.0 Å². The lowest BCUT2D eigenvalue weighted by Gasteiger charge is -2.16. The number of hydrogen-bond donors (Lipinski definition) is 2. The van der Waals surface area contributed by atoms with Gasteiger partial charge in [0, 0.05) is 53.7 Å². The molecule has 1 aromatic carbocycles. The van der Waals surface area contributed by atoms with Gasteiger partial charge in [0.05, 0.1) is 31.0 Å². The first-order valence-corrected chi connectivity index (χ1v) is 13.5. The third-order valence-electron chi connectivity index (χ3n) is 6.87. The van der Waals surface area contributed by atoms with Gasteiger partial charge in [0.2, 0.25) is 5.95 Å². The molecule has 0 amide bonds. The van der Waals surface area contributed by atoms with E-state index in [1.165, 1.54) is 12.4 Å². The largest absolute Gasteiger partial charge is 0.493 e. The van der Waals surface area contributed by atoms with Crippen molar-refractivity contribution in [3.63, 3.8) is 0 Å². The molecule has 2 N–H and O–H groups in total. The van der Waals surface area contributed by atoms with E-state index in [1.54, 1.807) is 23.6 Å². The summed E-state index contributed by atoms with van der Waals surface area (Å²) < 4.78 is 53.0. The fourth-order valence-electron chi connectivity index (χ4n) is 4.89. The van der Waals surface area contributed by atoms with E-state index in [-0.39, 0.29) is 37.1 Å². The van der Waals surface area contributed by atoms with Crippen molar-refractivity contribution in [1.82, 2.24) is 24.7 Å². The lowest BCUT2D eigenvalue weighted by molar-refractivity contribution is 0.0522. The van der Waals surface area contributed by atoms with Crippen molar-refractivity contribution in [2.45, 2.75) is 52.6 Å². The van der Waals surface area contributed by atoms with Gasteiger partial charge in [-0.2, -0.15) is 0 Å². The Morgan fingerprint density at radius 2 is 1.98 bits per heavy atom. The second kappa shape index (κ2) is 12.1. The van der Waals surface area contributed by atoms with E-state index in [0.717, 1.165) is 11.3 Å². The Morgan fingerprint density at radius 3 is 2.73 bits per heavy atom. The number of benzene rings is 1. The second-order valence-electron chi connectivity index (χ2n) is 9.89. The number of esters is 1. The van der Waals surface area contributed by atoms with E-state index in [1.807, 2.05) is 26.0 Å². The van der Waals surface area contributed by atoms with Crippen LogP contribution >= 0.6 is 0 Å². The first-order chi connectivity index (χ1) is 19.8. The molecule has 4 aromatic rings. The number of fused-ring (bicyclic) bond motifs is 2. The number of anilines is 1. The highest BCUT2D eigenvalue weighted by molar-refractivity contribution is 6.00. The minimum atomic E-state index is -2.52. The SMILES string of the molecule is CCOC(=O)c1ncn2c(NCc3c(F)ccc4c3CCO4)ncc(-c3ccc(C(C)C)nc3CNCC(F)F)c12. The predicted octanol–water partition coefficient (Wildman–Crippen LogP) is 5.13. The van der Waals surface area contributed by atoms with Gasteiger partial charge in [-0.15, -0.1) is 0 Å². The van der Waals surface area contributed by atoms with Crippen LogP contribution in [0.5, 0.6) is 5.75 Å². The number of imidazole rings is 1. The topological polar surface area (TPSA) is 103 Å². The monoisotopic (exact) mass is 568 g/mol. The van der Waals surface area contributed by atoms with Crippen LogP contribution in [-0.4, -0.2) is 51.5 Å². The van der Waals surface area contributed by atoms with E-state index in [4.69, 9.17) is 14.5 Å². The number of nitrogens with zero attached hydrogens (tertiary/aromatic N) is 4. The maximum Gasteiger partial charge on any atom is 0.359 e. The van der Waals surface area contributed by atoms with E-state index >= 15 is 0 Å². The van der Waals surface area contributed by atoms with Crippen LogP contribution in [0.2, 0.25) is 0 Å². The summed E-state index contributed by atoms with van der Waals surface area (Å²) in [6.07, 6.45) is 1.10. The Hall–Kier alpha value is -4.19. The van der Waals surface area contributed by atoms with Gasteiger partial charge >= 0.3 is 5.97 Å². The molecule has 9 nitrogen and oxygen atoms in total. The minimum absolute atomic E-state index is 0.0620. The standard InChI is InChI=1S/C29H31F3N6O3/c1-4-40-28(39)26-27-20(17-5-7-22(16(2)3)37-23(17)13-33-14-25(31)32)12-35-29(38(27)15-36-26)34-11-19-18-9-10-41-24(18)8-6-21(19)30/h5-8,12,15-16,25,33H,4,9-11,13-14H2,1-3H3,(H,34,35). The van der Waals surface area contributed by atoms with Gasteiger partial charge in [-0.25, -0.2) is 27.9 Å². The lowest BCUT2D eigenvalue weighted by atomic mass is 10.0. The van der Waals surface area contributed by atoms with Gasteiger partial charge in [0.15, 0.2) is 5.69 Å². The van der Waals surface area contributed by atoms with Crippen LogP contribution in [0, 0.1) is 5.82 Å². The normalized spacial score (nSPS) is 12.7. The molecule has 3 aromatic heterocycles. The molecular formula is C29H31F3N6O3. The number of halogens is 3. The Kier molecular flexibility index (Phi) is 8.39. The summed E-state index contributed by atoms with van der Waals surface area (Å²) in [5.41, 5.74) is 4.20. The molecule has 0 radical (unpaired) electrons. The molecule has 0 bridgehead atoms. The molecule has 4 heterocycles.